The quantitative estimate of drug-likeness (QED) is 0.845. The molecule has 21 heavy (non-hydrogen) atoms. The molecule has 0 aliphatic heterocycles. The summed E-state index contributed by atoms with van der Waals surface area (Å²) in [5.41, 5.74) is 2.98. The van der Waals surface area contributed by atoms with Gasteiger partial charge in [0.2, 0.25) is 11.8 Å². The highest BCUT2D eigenvalue weighted by Gasteiger charge is 2.12. The number of nitrogens with zero attached hydrogens (tertiary/aromatic N) is 3. The third-order valence-corrected chi connectivity index (χ3v) is 3.19. The van der Waals surface area contributed by atoms with E-state index < -0.39 is 0 Å². The van der Waals surface area contributed by atoms with Crippen molar-refractivity contribution in [3.05, 3.63) is 41.8 Å². The van der Waals surface area contributed by atoms with Gasteiger partial charge < -0.3 is 9.32 Å². The molecule has 0 bridgehead atoms. The van der Waals surface area contributed by atoms with Crippen molar-refractivity contribution in [3.63, 3.8) is 0 Å². The fourth-order valence-corrected chi connectivity index (χ4v) is 1.91. The van der Waals surface area contributed by atoms with Crippen molar-refractivity contribution in [1.29, 1.82) is 0 Å². The molecule has 0 aliphatic carbocycles. The summed E-state index contributed by atoms with van der Waals surface area (Å²) in [6.45, 7) is 2.98. The zero-order valence-electron chi connectivity index (χ0n) is 13.0. The van der Waals surface area contributed by atoms with Crippen LogP contribution >= 0.6 is 0 Å². The molecule has 0 unspecified atom stereocenters. The molecule has 0 radical (unpaired) electrons. The Balaban J connectivity index is 2.00. The van der Waals surface area contributed by atoms with Gasteiger partial charge in [0, 0.05) is 26.2 Å². The van der Waals surface area contributed by atoms with Crippen molar-refractivity contribution in [2.45, 2.75) is 13.5 Å². The maximum Gasteiger partial charge on any atom is 0.236 e. The number of amides is 1. The summed E-state index contributed by atoms with van der Waals surface area (Å²) < 4.78 is 5.51. The number of rotatable bonds is 5. The minimum atomic E-state index is 0.0692. The number of carbonyl (C=O) groups excluding carboxylic acids is 1. The molecule has 0 spiro atoms. The van der Waals surface area contributed by atoms with Crippen LogP contribution < -0.4 is 0 Å². The smallest absolute Gasteiger partial charge is 0.236 e. The molecule has 1 heterocycles. The van der Waals surface area contributed by atoms with Gasteiger partial charge >= 0.3 is 0 Å². The third kappa shape index (κ3) is 4.16. The second-order valence-electron chi connectivity index (χ2n) is 5.47. The summed E-state index contributed by atoms with van der Waals surface area (Å²) in [7, 11) is 5.39. The van der Waals surface area contributed by atoms with Crippen LogP contribution in [-0.2, 0) is 11.3 Å². The van der Waals surface area contributed by atoms with Gasteiger partial charge in [0.15, 0.2) is 0 Å². The van der Waals surface area contributed by atoms with Crippen LogP contribution in [0.15, 0.2) is 34.9 Å². The number of aromatic nitrogens is 1. The fraction of sp³-hybridized carbons (Fsp3) is 0.375. The number of hydrogen-bond donors (Lipinski definition) is 0. The number of hydrogen-bond acceptors (Lipinski definition) is 4. The summed E-state index contributed by atoms with van der Waals surface area (Å²) >= 11 is 0. The van der Waals surface area contributed by atoms with E-state index in [4.69, 9.17) is 4.42 Å². The largest absolute Gasteiger partial charge is 0.444 e. The second kappa shape index (κ2) is 6.54. The van der Waals surface area contributed by atoms with E-state index in [-0.39, 0.29) is 5.91 Å². The topological polar surface area (TPSA) is 49.6 Å². The SMILES string of the molecule is Cc1ccc(-c2nc(CN(C)CC(=O)N(C)C)co2)cc1. The minimum Gasteiger partial charge on any atom is -0.444 e. The van der Waals surface area contributed by atoms with Gasteiger partial charge in [0.05, 0.1) is 12.2 Å². The summed E-state index contributed by atoms with van der Waals surface area (Å²) in [5, 5.41) is 0. The van der Waals surface area contributed by atoms with E-state index in [1.54, 1.807) is 25.3 Å². The average Bonchev–Trinajstić information content (AvgIpc) is 2.87. The van der Waals surface area contributed by atoms with Crippen LogP contribution in [-0.4, -0.2) is 48.4 Å². The second-order valence-corrected chi connectivity index (χ2v) is 5.47. The number of carbonyl (C=O) groups is 1. The highest BCUT2D eigenvalue weighted by Crippen LogP contribution is 2.19. The molecular formula is C16H21N3O2. The number of oxazole rings is 1. The Hall–Kier alpha value is -2.14. The molecule has 0 saturated heterocycles. The lowest BCUT2D eigenvalue weighted by molar-refractivity contribution is -0.129. The van der Waals surface area contributed by atoms with Crippen LogP contribution in [0, 0.1) is 6.92 Å². The first-order valence-corrected chi connectivity index (χ1v) is 6.86. The van der Waals surface area contributed by atoms with E-state index in [9.17, 15) is 4.79 Å². The molecule has 2 aromatic rings. The van der Waals surface area contributed by atoms with Crippen molar-refractivity contribution in [3.8, 4) is 11.5 Å². The molecule has 1 amide bonds. The van der Waals surface area contributed by atoms with Gasteiger partial charge in [0.25, 0.3) is 0 Å². The molecule has 0 fully saturated rings. The van der Waals surface area contributed by atoms with E-state index >= 15 is 0 Å². The van der Waals surface area contributed by atoms with Crippen molar-refractivity contribution in [1.82, 2.24) is 14.8 Å². The van der Waals surface area contributed by atoms with Crippen molar-refractivity contribution >= 4 is 5.91 Å². The fourth-order valence-electron chi connectivity index (χ4n) is 1.91. The molecule has 1 aromatic heterocycles. The van der Waals surface area contributed by atoms with Crippen LogP contribution in [0.3, 0.4) is 0 Å². The van der Waals surface area contributed by atoms with E-state index in [1.165, 1.54) is 5.56 Å². The Bertz CT molecular complexity index is 602. The molecule has 5 heteroatoms. The highest BCUT2D eigenvalue weighted by atomic mass is 16.3. The zero-order valence-corrected chi connectivity index (χ0v) is 13.0. The molecule has 2 rings (SSSR count). The lowest BCUT2D eigenvalue weighted by Crippen LogP contribution is -2.34. The van der Waals surface area contributed by atoms with Gasteiger partial charge in [0.1, 0.15) is 6.26 Å². The number of likely N-dealkylation sites (N-methyl/N-ethyl adjacent to an activating group) is 2. The lowest BCUT2D eigenvalue weighted by Gasteiger charge is -2.17. The molecule has 0 atom stereocenters. The zero-order chi connectivity index (χ0) is 15.4. The van der Waals surface area contributed by atoms with Gasteiger partial charge in [-0.05, 0) is 26.1 Å². The Morgan fingerprint density at radius 2 is 1.86 bits per heavy atom. The molecular weight excluding hydrogens is 266 g/mol. The van der Waals surface area contributed by atoms with E-state index in [2.05, 4.69) is 4.98 Å². The Morgan fingerprint density at radius 3 is 2.48 bits per heavy atom. The monoisotopic (exact) mass is 287 g/mol. The first-order chi connectivity index (χ1) is 9.95. The lowest BCUT2D eigenvalue weighted by atomic mass is 10.1. The van der Waals surface area contributed by atoms with Crippen molar-refractivity contribution in [2.75, 3.05) is 27.7 Å². The van der Waals surface area contributed by atoms with Gasteiger partial charge in [-0.1, -0.05) is 17.7 Å². The molecule has 1 aromatic carbocycles. The third-order valence-electron chi connectivity index (χ3n) is 3.19. The highest BCUT2D eigenvalue weighted by molar-refractivity contribution is 5.77. The van der Waals surface area contributed by atoms with Crippen LogP contribution in [0.2, 0.25) is 0 Å². The van der Waals surface area contributed by atoms with E-state index in [0.717, 1.165) is 11.3 Å². The Morgan fingerprint density at radius 1 is 1.19 bits per heavy atom. The van der Waals surface area contributed by atoms with Crippen LogP contribution in [0.5, 0.6) is 0 Å². The Kier molecular flexibility index (Phi) is 4.75. The van der Waals surface area contributed by atoms with E-state index in [0.29, 0.717) is 19.0 Å². The van der Waals surface area contributed by atoms with Crippen LogP contribution in [0.25, 0.3) is 11.5 Å². The molecule has 112 valence electrons. The summed E-state index contributed by atoms with van der Waals surface area (Å²) in [6, 6.07) is 8.04. The molecule has 0 aliphatic rings. The summed E-state index contributed by atoms with van der Waals surface area (Å²) in [4.78, 5) is 19.6. The number of benzene rings is 1. The van der Waals surface area contributed by atoms with Gasteiger partial charge in [-0.3, -0.25) is 9.69 Å². The predicted octanol–water partition coefficient (Wildman–Crippen LogP) is 2.17. The van der Waals surface area contributed by atoms with Crippen molar-refractivity contribution < 1.29 is 9.21 Å². The number of aryl methyl sites for hydroxylation is 1. The molecule has 0 N–H and O–H groups in total. The first kappa shape index (κ1) is 15.3. The normalized spacial score (nSPS) is 10.9. The van der Waals surface area contributed by atoms with Gasteiger partial charge in [-0.15, -0.1) is 0 Å². The minimum absolute atomic E-state index is 0.0692. The predicted molar refractivity (Wildman–Crippen MR) is 81.7 cm³/mol. The molecule has 5 nitrogen and oxygen atoms in total. The van der Waals surface area contributed by atoms with Crippen LogP contribution in [0.1, 0.15) is 11.3 Å². The average molecular weight is 287 g/mol. The standard InChI is InChI=1S/C16H21N3O2/c1-12-5-7-13(8-6-12)16-17-14(11-21-16)9-19(4)10-15(20)18(2)3/h5-8,11H,9-10H2,1-4H3. The summed E-state index contributed by atoms with van der Waals surface area (Å²) in [5.74, 6) is 0.678. The maximum absolute atomic E-state index is 11.6. The Labute approximate surface area is 125 Å². The maximum atomic E-state index is 11.6. The van der Waals surface area contributed by atoms with E-state index in [1.807, 2.05) is 43.1 Å². The first-order valence-electron chi connectivity index (χ1n) is 6.86. The van der Waals surface area contributed by atoms with Gasteiger partial charge in [-0.2, -0.15) is 0 Å². The van der Waals surface area contributed by atoms with Gasteiger partial charge in [-0.25, -0.2) is 4.98 Å². The summed E-state index contributed by atoms with van der Waals surface area (Å²) in [6.07, 6.45) is 1.64. The van der Waals surface area contributed by atoms with Crippen LogP contribution in [0.4, 0.5) is 0 Å². The molecule has 0 saturated carbocycles. The van der Waals surface area contributed by atoms with Crippen molar-refractivity contribution in [2.24, 2.45) is 0 Å².